The third kappa shape index (κ3) is 3.57. The second kappa shape index (κ2) is 7.59. The highest BCUT2D eigenvalue weighted by Crippen LogP contribution is 2.36. The quantitative estimate of drug-likeness (QED) is 0.672. The average molecular weight is 392 g/mol. The largest absolute Gasteiger partial charge is 0.369 e. The number of hydrogen-bond donors (Lipinski definition) is 1. The molecule has 28 heavy (non-hydrogen) atoms. The number of aryl methyl sites for hydroxylation is 1. The Morgan fingerprint density at radius 1 is 1.11 bits per heavy atom. The Bertz CT molecular complexity index is 1030. The number of aliphatic imine (C=N–C) groups is 1. The van der Waals surface area contributed by atoms with Crippen LogP contribution in [0.4, 0.5) is 5.95 Å². The smallest absolute Gasteiger partial charge is 0.249 e. The highest BCUT2D eigenvalue weighted by molar-refractivity contribution is 7.98. The van der Waals surface area contributed by atoms with Crippen molar-refractivity contribution >= 4 is 29.3 Å². The molecule has 2 aromatic carbocycles. The first-order chi connectivity index (χ1) is 13.5. The van der Waals surface area contributed by atoms with E-state index in [9.17, 15) is 4.79 Å². The molecule has 1 aliphatic heterocycles. The Morgan fingerprint density at radius 3 is 2.50 bits per heavy atom. The zero-order valence-electron chi connectivity index (χ0n) is 15.7. The molecule has 7 heteroatoms. The summed E-state index contributed by atoms with van der Waals surface area (Å²) in [5.41, 5.74) is 9.71. The molecule has 2 unspecified atom stereocenters. The fraction of sp³-hybridized carbons (Fsp3) is 0.238. The van der Waals surface area contributed by atoms with Crippen molar-refractivity contribution in [2.75, 3.05) is 0 Å². The van der Waals surface area contributed by atoms with Gasteiger partial charge < -0.3 is 5.73 Å². The van der Waals surface area contributed by atoms with E-state index in [2.05, 4.69) is 27.2 Å². The van der Waals surface area contributed by atoms with Gasteiger partial charge in [0.05, 0.1) is 6.04 Å². The van der Waals surface area contributed by atoms with Gasteiger partial charge >= 0.3 is 0 Å². The van der Waals surface area contributed by atoms with Crippen LogP contribution in [0.2, 0.25) is 0 Å². The van der Waals surface area contributed by atoms with E-state index in [1.54, 1.807) is 16.4 Å². The summed E-state index contributed by atoms with van der Waals surface area (Å²) in [6, 6.07) is 17.9. The monoisotopic (exact) mass is 391 g/mol. The number of nitrogens with two attached hydrogens (primary N) is 1. The lowest BCUT2D eigenvalue weighted by Gasteiger charge is -2.29. The maximum absolute atomic E-state index is 12.2. The molecule has 3 aromatic rings. The van der Waals surface area contributed by atoms with E-state index in [1.165, 1.54) is 5.56 Å². The van der Waals surface area contributed by atoms with Crippen molar-refractivity contribution in [3.05, 3.63) is 71.3 Å². The fourth-order valence-corrected chi connectivity index (χ4v) is 4.18. The molecule has 142 valence electrons. The van der Waals surface area contributed by atoms with Gasteiger partial charge in [-0.3, -0.25) is 4.79 Å². The number of carbonyl (C=O) groups excluding carboxylic acids is 1. The van der Waals surface area contributed by atoms with Gasteiger partial charge in [0, 0.05) is 11.5 Å². The summed E-state index contributed by atoms with van der Waals surface area (Å²) in [4.78, 5) is 21.3. The van der Waals surface area contributed by atoms with Crippen LogP contribution in [0.5, 0.6) is 0 Å². The van der Waals surface area contributed by atoms with Crippen molar-refractivity contribution in [2.45, 2.75) is 30.8 Å². The van der Waals surface area contributed by atoms with E-state index in [0.29, 0.717) is 16.8 Å². The van der Waals surface area contributed by atoms with E-state index in [1.807, 2.05) is 56.3 Å². The highest BCUT2D eigenvalue weighted by Gasteiger charge is 2.38. The molecule has 0 radical (unpaired) electrons. The third-order valence-corrected chi connectivity index (χ3v) is 5.74. The number of thioether (sulfide) groups is 1. The van der Waals surface area contributed by atoms with E-state index in [0.717, 1.165) is 16.9 Å². The van der Waals surface area contributed by atoms with Gasteiger partial charge in [-0.25, -0.2) is 9.67 Å². The van der Waals surface area contributed by atoms with Gasteiger partial charge in [-0.05, 0) is 25.0 Å². The molecule has 2 atom stereocenters. The molecule has 0 saturated heterocycles. The van der Waals surface area contributed by atoms with E-state index >= 15 is 0 Å². The second-order valence-corrected chi connectivity index (χ2v) is 7.84. The van der Waals surface area contributed by atoms with Crippen molar-refractivity contribution in [1.29, 1.82) is 0 Å². The number of rotatable bonds is 5. The Morgan fingerprint density at radius 2 is 1.82 bits per heavy atom. The topological polar surface area (TPSA) is 86.2 Å². The van der Waals surface area contributed by atoms with Gasteiger partial charge in [0.25, 0.3) is 0 Å². The molecule has 6 nitrogen and oxygen atoms in total. The van der Waals surface area contributed by atoms with Gasteiger partial charge in [-0.2, -0.15) is 4.98 Å². The van der Waals surface area contributed by atoms with Crippen LogP contribution in [0.1, 0.15) is 29.7 Å². The van der Waals surface area contributed by atoms with Crippen LogP contribution in [0, 0.1) is 12.8 Å². The highest BCUT2D eigenvalue weighted by atomic mass is 32.2. The van der Waals surface area contributed by atoms with Crippen LogP contribution >= 0.6 is 11.8 Å². The summed E-state index contributed by atoms with van der Waals surface area (Å²) < 4.78 is 1.74. The maximum Gasteiger partial charge on any atom is 0.249 e. The minimum Gasteiger partial charge on any atom is -0.369 e. The summed E-state index contributed by atoms with van der Waals surface area (Å²) in [7, 11) is 0. The average Bonchev–Trinajstić information content (AvgIpc) is 3.09. The van der Waals surface area contributed by atoms with Crippen LogP contribution in [0.15, 0.2) is 64.7 Å². The fourth-order valence-electron chi connectivity index (χ4n) is 3.40. The predicted octanol–water partition coefficient (Wildman–Crippen LogP) is 3.68. The van der Waals surface area contributed by atoms with Crippen molar-refractivity contribution in [2.24, 2.45) is 16.6 Å². The van der Waals surface area contributed by atoms with Crippen LogP contribution in [0.3, 0.4) is 0 Å². The summed E-state index contributed by atoms with van der Waals surface area (Å²) in [5, 5.41) is 5.30. The number of nitrogens with zero attached hydrogens (tertiary/aromatic N) is 4. The third-order valence-electron chi connectivity index (χ3n) is 4.84. The van der Waals surface area contributed by atoms with E-state index in [4.69, 9.17) is 5.73 Å². The lowest BCUT2D eigenvalue weighted by molar-refractivity contribution is -0.120. The molecular weight excluding hydrogens is 370 g/mol. The Kier molecular flexibility index (Phi) is 5.00. The molecular formula is C21H21N5OS. The molecule has 1 aromatic heterocycles. The molecule has 2 N–H and O–H groups in total. The van der Waals surface area contributed by atoms with Crippen LogP contribution in [0.25, 0.3) is 0 Å². The van der Waals surface area contributed by atoms with Crippen LogP contribution < -0.4 is 5.73 Å². The molecule has 1 aliphatic rings. The van der Waals surface area contributed by atoms with Gasteiger partial charge in [-0.15, -0.1) is 5.10 Å². The normalized spacial score (nSPS) is 18.4. The lowest BCUT2D eigenvalue weighted by Crippen LogP contribution is -2.39. The predicted molar refractivity (Wildman–Crippen MR) is 111 cm³/mol. The van der Waals surface area contributed by atoms with Crippen LogP contribution in [-0.4, -0.2) is 26.4 Å². The Labute approximate surface area is 167 Å². The molecule has 2 heterocycles. The summed E-state index contributed by atoms with van der Waals surface area (Å²) in [6.07, 6.45) is 0. The Hall–Kier alpha value is -2.93. The summed E-state index contributed by atoms with van der Waals surface area (Å²) in [6.45, 7) is 3.85. The maximum atomic E-state index is 12.2. The molecule has 0 saturated carbocycles. The molecule has 1 amide bonds. The summed E-state index contributed by atoms with van der Waals surface area (Å²) >= 11 is 1.55. The van der Waals surface area contributed by atoms with Crippen molar-refractivity contribution in [3.63, 3.8) is 0 Å². The zero-order chi connectivity index (χ0) is 19.7. The minimum absolute atomic E-state index is 0.343. The van der Waals surface area contributed by atoms with E-state index < -0.39 is 11.8 Å². The number of fused-ring (bicyclic) bond motifs is 1. The van der Waals surface area contributed by atoms with Crippen LogP contribution in [-0.2, 0) is 10.5 Å². The van der Waals surface area contributed by atoms with Gasteiger partial charge in [-0.1, -0.05) is 71.9 Å². The first-order valence-electron chi connectivity index (χ1n) is 9.07. The number of primary amides is 1. The minimum atomic E-state index is -0.552. The van der Waals surface area contributed by atoms with Crippen molar-refractivity contribution in [1.82, 2.24) is 14.8 Å². The van der Waals surface area contributed by atoms with Gasteiger partial charge in [0.15, 0.2) is 0 Å². The first kappa shape index (κ1) is 18.4. The standard InChI is InChI=1S/C21H21N5OS/c1-13-8-10-16(11-9-13)18-17(19(22)27)14(2)23-20-24-21(25-26(18)20)28-12-15-6-4-3-5-7-15/h3-11,17-18H,12H2,1-2H3,(H2,22,27). The van der Waals surface area contributed by atoms with E-state index in [-0.39, 0.29) is 6.04 Å². The SMILES string of the molecule is CC1=Nc2nc(SCc3ccccc3)nn2C(c2ccc(C)cc2)C1C(N)=O. The van der Waals surface area contributed by atoms with Crippen molar-refractivity contribution in [3.8, 4) is 0 Å². The molecule has 4 rings (SSSR count). The summed E-state index contributed by atoms with van der Waals surface area (Å²) in [5.74, 6) is 0.313. The Balaban J connectivity index is 1.70. The second-order valence-electron chi connectivity index (χ2n) is 6.90. The molecule has 0 bridgehead atoms. The van der Waals surface area contributed by atoms with Crippen molar-refractivity contribution < 1.29 is 4.79 Å². The number of carbonyl (C=O) groups is 1. The van der Waals surface area contributed by atoms with Gasteiger partial charge in [0.2, 0.25) is 17.0 Å². The number of amides is 1. The number of benzene rings is 2. The lowest BCUT2D eigenvalue weighted by atomic mass is 9.87. The zero-order valence-corrected chi connectivity index (χ0v) is 16.6. The number of aromatic nitrogens is 3. The first-order valence-corrected chi connectivity index (χ1v) is 10.1. The molecule has 0 spiro atoms. The molecule has 0 fully saturated rings. The molecule has 0 aliphatic carbocycles. The van der Waals surface area contributed by atoms with Gasteiger partial charge in [0.1, 0.15) is 5.92 Å². The number of hydrogen-bond acceptors (Lipinski definition) is 5.